The Labute approximate surface area is 185 Å². The van der Waals surface area contributed by atoms with Crippen LogP contribution in [0.15, 0.2) is 50.9 Å². The maximum atomic E-state index is 12.7. The summed E-state index contributed by atoms with van der Waals surface area (Å²) in [6.45, 7) is 5.06. The zero-order chi connectivity index (χ0) is 21.4. The van der Waals surface area contributed by atoms with Gasteiger partial charge in [-0.2, -0.15) is 0 Å². The van der Waals surface area contributed by atoms with Crippen LogP contribution in [0.4, 0.5) is 11.5 Å². The molecule has 5 rings (SSSR count). The summed E-state index contributed by atoms with van der Waals surface area (Å²) in [5, 5.41) is 3.71. The monoisotopic (exact) mass is 438 g/mol. The van der Waals surface area contributed by atoms with Crippen molar-refractivity contribution in [2.75, 3.05) is 36.5 Å². The Hall–Kier alpha value is -2.84. The van der Waals surface area contributed by atoms with Crippen molar-refractivity contribution in [3.8, 4) is 0 Å². The molecule has 31 heavy (non-hydrogen) atoms. The predicted octanol–water partition coefficient (Wildman–Crippen LogP) is 2.89. The van der Waals surface area contributed by atoms with Crippen molar-refractivity contribution in [1.29, 1.82) is 0 Å². The van der Waals surface area contributed by atoms with Crippen molar-refractivity contribution in [2.24, 2.45) is 20.9 Å². The number of allylic oxidation sites excluding steroid dienone is 2. The molecule has 1 aromatic heterocycles. The van der Waals surface area contributed by atoms with Gasteiger partial charge in [-0.05, 0) is 31.6 Å². The van der Waals surface area contributed by atoms with E-state index in [2.05, 4.69) is 20.2 Å². The summed E-state index contributed by atoms with van der Waals surface area (Å²) in [5.74, 6) is 1.25. The summed E-state index contributed by atoms with van der Waals surface area (Å²) in [6, 6.07) is 4.01. The molecule has 4 aliphatic rings. The van der Waals surface area contributed by atoms with Crippen molar-refractivity contribution in [3.05, 3.63) is 41.6 Å². The molecular formula is C22H23ClN6O2. The van der Waals surface area contributed by atoms with Crippen LogP contribution >= 0.6 is 11.6 Å². The average molecular weight is 439 g/mol. The summed E-state index contributed by atoms with van der Waals surface area (Å²) in [5.41, 5.74) is 1.33. The third kappa shape index (κ3) is 3.59. The van der Waals surface area contributed by atoms with Crippen molar-refractivity contribution in [2.45, 2.75) is 25.4 Å². The van der Waals surface area contributed by atoms with Gasteiger partial charge < -0.3 is 15.0 Å². The Balaban J connectivity index is 1.47. The smallest absolute Gasteiger partial charge is 0.192 e. The first-order chi connectivity index (χ1) is 15.1. The number of carbonyl (C=O) groups is 1. The van der Waals surface area contributed by atoms with Gasteiger partial charge in [-0.3, -0.25) is 4.79 Å². The normalized spacial score (nSPS) is 27.5. The Morgan fingerprint density at radius 2 is 2.13 bits per heavy atom. The third-order valence-electron chi connectivity index (χ3n) is 6.03. The van der Waals surface area contributed by atoms with E-state index >= 15 is 0 Å². The molecule has 160 valence electrons. The van der Waals surface area contributed by atoms with Gasteiger partial charge >= 0.3 is 0 Å². The van der Waals surface area contributed by atoms with E-state index in [0.29, 0.717) is 42.6 Å². The number of Topliss-reactive ketones (excluding diaryl/α,β-unsaturated/α-hetero) is 1. The average Bonchev–Trinajstić information content (AvgIpc) is 2.95. The number of pyridine rings is 1. The molecule has 0 saturated carbocycles. The lowest BCUT2D eigenvalue weighted by Gasteiger charge is -2.38. The van der Waals surface area contributed by atoms with Crippen LogP contribution in [-0.2, 0) is 9.53 Å². The van der Waals surface area contributed by atoms with Crippen LogP contribution in [0.25, 0.3) is 0 Å². The molecule has 0 radical (unpaired) electrons. The number of hydrogen-bond acceptors (Lipinski definition) is 8. The number of anilines is 2. The number of ketones is 1. The number of aromatic nitrogens is 1. The van der Waals surface area contributed by atoms with Crippen LogP contribution < -0.4 is 10.2 Å². The molecule has 0 amide bonds. The van der Waals surface area contributed by atoms with Crippen molar-refractivity contribution in [1.82, 2.24) is 4.98 Å². The molecule has 1 fully saturated rings. The molecule has 2 atom stereocenters. The number of hydrogen-bond donors (Lipinski definition) is 1. The van der Waals surface area contributed by atoms with E-state index in [1.807, 2.05) is 31.2 Å². The fourth-order valence-corrected chi connectivity index (χ4v) is 4.66. The summed E-state index contributed by atoms with van der Waals surface area (Å²) in [6.07, 6.45) is 7.93. The highest BCUT2D eigenvalue weighted by Crippen LogP contribution is 2.43. The maximum absolute atomic E-state index is 12.7. The topological polar surface area (TPSA) is 91.5 Å². The van der Waals surface area contributed by atoms with Gasteiger partial charge in [0.1, 0.15) is 28.9 Å². The van der Waals surface area contributed by atoms with Gasteiger partial charge in [0, 0.05) is 25.1 Å². The molecule has 0 aromatic carbocycles. The number of aliphatic imine (C=N–C) groups is 3. The van der Waals surface area contributed by atoms with Gasteiger partial charge in [-0.15, -0.1) is 0 Å². The van der Waals surface area contributed by atoms with Gasteiger partial charge in [0.15, 0.2) is 5.66 Å². The molecule has 8 nitrogen and oxygen atoms in total. The second kappa shape index (κ2) is 8.01. The molecule has 1 saturated heterocycles. The standard InChI is InChI=1S/C22H23ClN6O2/c1-14-17(6-8-20(26-14)29-9-11-31-12-10-29)27-19-4-2-3-15-18(30)7-5-16-21(23)24-13-25-22(15,16)28-19/h2,4-6,8,13,15H,3,7,9-12H2,1H3,(H,27,28). The highest BCUT2D eigenvalue weighted by Gasteiger charge is 2.50. The third-order valence-corrected chi connectivity index (χ3v) is 6.33. The van der Waals surface area contributed by atoms with Crippen molar-refractivity contribution < 1.29 is 9.53 Å². The van der Waals surface area contributed by atoms with E-state index in [1.165, 1.54) is 6.34 Å². The predicted molar refractivity (Wildman–Crippen MR) is 123 cm³/mol. The van der Waals surface area contributed by atoms with E-state index in [4.69, 9.17) is 26.3 Å². The zero-order valence-electron chi connectivity index (χ0n) is 17.2. The first-order valence-electron chi connectivity index (χ1n) is 10.4. The van der Waals surface area contributed by atoms with Crippen LogP contribution in [0, 0.1) is 12.8 Å². The lowest BCUT2D eigenvalue weighted by molar-refractivity contribution is -0.123. The number of nitrogens with zero attached hydrogens (tertiary/aromatic N) is 5. The first-order valence-corrected chi connectivity index (χ1v) is 10.8. The number of nitrogens with one attached hydrogen (secondary N) is 1. The molecular weight excluding hydrogens is 416 g/mol. The van der Waals surface area contributed by atoms with Gasteiger partial charge in [-0.25, -0.2) is 20.0 Å². The minimum absolute atomic E-state index is 0.106. The Morgan fingerprint density at radius 1 is 1.29 bits per heavy atom. The molecule has 1 N–H and O–H groups in total. The van der Waals surface area contributed by atoms with E-state index in [1.54, 1.807) is 6.08 Å². The molecule has 9 heteroatoms. The van der Waals surface area contributed by atoms with Crippen LogP contribution in [0.2, 0.25) is 0 Å². The molecule has 4 heterocycles. The number of halogens is 1. The lowest BCUT2D eigenvalue weighted by atomic mass is 9.76. The van der Waals surface area contributed by atoms with Gasteiger partial charge in [0.25, 0.3) is 0 Å². The van der Waals surface area contributed by atoms with Crippen molar-refractivity contribution >= 4 is 46.2 Å². The number of morpholine rings is 1. The molecule has 1 aliphatic carbocycles. The Kier molecular flexibility index (Phi) is 5.19. The number of amidine groups is 1. The summed E-state index contributed by atoms with van der Waals surface area (Å²) in [7, 11) is 0. The fraction of sp³-hybridized carbons (Fsp3) is 0.409. The number of aryl methyl sites for hydroxylation is 1. The highest BCUT2D eigenvalue weighted by molar-refractivity contribution is 6.70. The molecule has 0 bridgehead atoms. The summed E-state index contributed by atoms with van der Waals surface area (Å²) in [4.78, 5) is 33.3. The SMILES string of the molecule is Cc1nc(N2CCOCC2)ccc1NC1=NC23N=CN=C(Cl)C2=CCC(=O)C3CC=C1. The van der Waals surface area contributed by atoms with Gasteiger partial charge in [0.05, 0.1) is 30.5 Å². The minimum Gasteiger partial charge on any atom is -0.378 e. The molecule has 2 unspecified atom stereocenters. The number of carbonyl (C=O) groups excluding carboxylic acids is 1. The van der Waals surface area contributed by atoms with E-state index in [-0.39, 0.29) is 5.78 Å². The van der Waals surface area contributed by atoms with Crippen LogP contribution in [0.5, 0.6) is 0 Å². The first kappa shape index (κ1) is 20.1. The Bertz CT molecular complexity index is 1070. The Morgan fingerprint density at radius 3 is 2.94 bits per heavy atom. The van der Waals surface area contributed by atoms with E-state index in [9.17, 15) is 4.79 Å². The van der Waals surface area contributed by atoms with Gasteiger partial charge in [0.2, 0.25) is 0 Å². The second-order valence-electron chi connectivity index (χ2n) is 7.89. The number of rotatable bonds is 2. The molecule has 3 aliphatic heterocycles. The van der Waals surface area contributed by atoms with Gasteiger partial charge in [-0.1, -0.05) is 23.8 Å². The largest absolute Gasteiger partial charge is 0.378 e. The zero-order valence-corrected chi connectivity index (χ0v) is 18.0. The molecule has 1 aromatic rings. The second-order valence-corrected chi connectivity index (χ2v) is 8.25. The van der Waals surface area contributed by atoms with Crippen LogP contribution in [0.1, 0.15) is 18.5 Å². The fourth-order valence-electron chi connectivity index (χ4n) is 4.40. The molecule has 1 spiro atoms. The van der Waals surface area contributed by atoms with E-state index < -0.39 is 11.6 Å². The minimum atomic E-state index is -1.07. The maximum Gasteiger partial charge on any atom is 0.192 e. The summed E-state index contributed by atoms with van der Waals surface area (Å²) < 4.78 is 5.43. The lowest BCUT2D eigenvalue weighted by Crippen LogP contribution is -2.46. The van der Waals surface area contributed by atoms with Crippen LogP contribution in [0.3, 0.4) is 0 Å². The van der Waals surface area contributed by atoms with Crippen LogP contribution in [-0.4, -0.2) is 60.1 Å². The summed E-state index contributed by atoms with van der Waals surface area (Å²) >= 11 is 6.38. The van der Waals surface area contributed by atoms with E-state index in [0.717, 1.165) is 30.3 Å². The number of ether oxygens (including phenoxy) is 1. The quantitative estimate of drug-likeness (QED) is 0.766. The highest BCUT2D eigenvalue weighted by atomic mass is 35.5. The van der Waals surface area contributed by atoms with Crippen molar-refractivity contribution in [3.63, 3.8) is 0 Å².